The van der Waals surface area contributed by atoms with E-state index in [9.17, 15) is 22.8 Å². The quantitative estimate of drug-likeness (QED) is 0.500. The Morgan fingerprint density at radius 1 is 0.889 bits per heavy atom. The first-order chi connectivity index (χ1) is 17.3. The number of alkyl halides is 3. The van der Waals surface area contributed by atoms with Gasteiger partial charge in [-0.2, -0.15) is 13.2 Å². The Kier molecular flexibility index (Phi) is 8.54. The van der Waals surface area contributed by atoms with Crippen molar-refractivity contribution >= 4 is 17.5 Å². The molecule has 8 heteroatoms. The highest BCUT2D eigenvalue weighted by Gasteiger charge is 2.35. The molecule has 0 atom stereocenters. The van der Waals surface area contributed by atoms with E-state index in [1.54, 1.807) is 4.90 Å². The van der Waals surface area contributed by atoms with Gasteiger partial charge in [-0.25, -0.2) is 0 Å². The van der Waals surface area contributed by atoms with Gasteiger partial charge in [-0.15, -0.1) is 0 Å². The van der Waals surface area contributed by atoms with E-state index in [4.69, 9.17) is 4.74 Å². The summed E-state index contributed by atoms with van der Waals surface area (Å²) in [5, 5.41) is 0. The highest BCUT2D eigenvalue weighted by Crippen LogP contribution is 2.35. The average molecular weight is 503 g/mol. The maximum Gasteiger partial charge on any atom is 0.416 e. The van der Waals surface area contributed by atoms with Crippen LogP contribution < -0.4 is 9.64 Å². The highest BCUT2D eigenvalue weighted by atomic mass is 19.4. The number of fused-ring (bicyclic) bond motifs is 1. The molecule has 0 saturated heterocycles. The van der Waals surface area contributed by atoms with E-state index in [0.29, 0.717) is 19.6 Å². The van der Waals surface area contributed by atoms with Crippen molar-refractivity contribution in [2.24, 2.45) is 5.92 Å². The molecule has 194 valence electrons. The summed E-state index contributed by atoms with van der Waals surface area (Å²) in [6.45, 7) is 1.15. The maximum atomic E-state index is 13.2. The third-order valence-electron chi connectivity index (χ3n) is 6.77. The standard InChI is InChI=1S/C28H33F3N2O3/c29-28(30,31)23-11-9-12-24(18-23)36-20-26(34)32-16-7-3-1-2-4-8-17-33(27(35)21-14-15-21)25-13-6-5-10-22(25)19-32/h5-6,9-13,18,21H,1-4,7-8,14-17,19-20H2. The first-order valence-electron chi connectivity index (χ1n) is 12.8. The lowest BCUT2D eigenvalue weighted by Gasteiger charge is -2.28. The molecule has 0 bridgehead atoms. The number of rotatable bonds is 4. The van der Waals surface area contributed by atoms with Gasteiger partial charge in [0.1, 0.15) is 5.75 Å². The minimum Gasteiger partial charge on any atom is -0.484 e. The second-order valence-electron chi connectivity index (χ2n) is 9.64. The molecular weight excluding hydrogens is 469 g/mol. The minimum absolute atomic E-state index is 0.00521. The van der Waals surface area contributed by atoms with Crippen LogP contribution in [-0.2, 0) is 22.3 Å². The van der Waals surface area contributed by atoms with Gasteiger partial charge in [0, 0.05) is 31.2 Å². The smallest absolute Gasteiger partial charge is 0.416 e. The van der Waals surface area contributed by atoms with Crippen molar-refractivity contribution in [1.29, 1.82) is 0 Å². The van der Waals surface area contributed by atoms with Gasteiger partial charge in [-0.3, -0.25) is 9.59 Å². The van der Waals surface area contributed by atoms with Crippen molar-refractivity contribution in [3.63, 3.8) is 0 Å². The Morgan fingerprint density at radius 3 is 2.31 bits per heavy atom. The molecule has 0 spiro atoms. The van der Waals surface area contributed by atoms with Crippen molar-refractivity contribution in [2.45, 2.75) is 64.1 Å². The lowest BCUT2D eigenvalue weighted by atomic mass is 10.1. The van der Waals surface area contributed by atoms with Crippen molar-refractivity contribution < 1.29 is 27.5 Å². The van der Waals surface area contributed by atoms with Gasteiger partial charge in [-0.05, 0) is 55.5 Å². The van der Waals surface area contributed by atoms with Gasteiger partial charge in [0.25, 0.3) is 5.91 Å². The SMILES string of the molecule is O=C(COc1cccc(C(F)(F)F)c1)N1CCCCCCCCN(C(=O)C2CC2)c2ccccc2C1. The van der Waals surface area contributed by atoms with Crippen molar-refractivity contribution in [3.05, 3.63) is 59.7 Å². The van der Waals surface area contributed by atoms with Crippen molar-refractivity contribution in [3.8, 4) is 5.75 Å². The van der Waals surface area contributed by atoms with Crippen LogP contribution in [0.1, 0.15) is 62.5 Å². The molecular formula is C28H33F3N2O3. The summed E-state index contributed by atoms with van der Waals surface area (Å²) in [6, 6.07) is 12.3. The number of anilines is 1. The number of hydrogen-bond donors (Lipinski definition) is 0. The normalized spacial score (nSPS) is 17.9. The van der Waals surface area contributed by atoms with Gasteiger partial charge in [0.05, 0.1) is 5.56 Å². The van der Waals surface area contributed by atoms with Gasteiger partial charge in [0.15, 0.2) is 6.61 Å². The van der Waals surface area contributed by atoms with Crippen LogP contribution in [0.5, 0.6) is 5.75 Å². The second kappa shape index (κ2) is 11.8. The Balaban J connectivity index is 1.52. The molecule has 1 fully saturated rings. The zero-order valence-electron chi connectivity index (χ0n) is 20.4. The van der Waals surface area contributed by atoms with E-state index in [0.717, 1.165) is 74.8 Å². The van der Waals surface area contributed by atoms with Crippen molar-refractivity contribution in [2.75, 3.05) is 24.6 Å². The first-order valence-corrected chi connectivity index (χ1v) is 12.8. The maximum absolute atomic E-state index is 13.2. The van der Waals surface area contributed by atoms with E-state index in [-0.39, 0.29) is 30.1 Å². The summed E-state index contributed by atoms with van der Waals surface area (Å²) in [6.07, 6.45) is 3.35. The summed E-state index contributed by atoms with van der Waals surface area (Å²) in [7, 11) is 0. The van der Waals surface area contributed by atoms with Gasteiger partial charge >= 0.3 is 6.18 Å². The van der Waals surface area contributed by atoms with E-state index in [2.05, 4.69) is 0 Å². The van der Waals surface area contributed by atoms with Gasteiger partial charge in [-0.1, -0.05) is 49.9 Å². The number of hydrogen-bond acceptors (Lipinski definition) is 3. The topological polar surface area (TPSA) is 49.9 Å². The minimum atomic E-state index is -4.48. The van der Waals surface area contributed by atoms with Crippen LogP contribution in [0.2, 0.25) is 0 Å². The zero-order chi connectivity index (χ0) is 25.5. The van der Waals surface area contributed by atoms with Crippen LogP contribution >= 0.6 is 0 Å². The van der Waals surface area contributed by atoms with Crippen LogP contribution in [0.4, 0.5) is 18.9 Å². The highest BCUT2D eigenvalue weighted by molar-refractivity contribution is 5.97. The summed E-state index contributed by atoms with van der Waals surface area (Å²) in [5.41, 5.74) is 0.910. The average Bonchev–Trinajstić information content (AvgIpc) is 3.70. The molecule has 1 aliphatic heterocycles. The van der Waals surface area contributed by atoms with E-state index < -0.39 is 11.7 Å². The Hall–Kier alpha value is -3.03. The fourth-order valence-corrected chi connectivity index (χ4v) is 4.58. The number of amides is 2. The molecule has 2 amide bonds. The molecule has 36 heavy (non-hydrogen) atoms. The molecule has 0 aromatic heterocycles. The molecule has 4 rings (SSSR count). The van der Waals surface area contributed by atoms with E-state index >= 15 is 0 Å². The number of ether oxygens (including phenoxy) is 1. The Morgan fingerprint density at radius 2 is 1.58 bits per heavy atom. The number of carbonyl (C=O) groups excluding carboxylic acids is 2. The van der Waals surface area contributed by atoms with Crippen LogP contribution in [0.25, 0.3) is 0 Å². The molecule has 0 unspecified atom stereocenters. The molecule has 1 heterocycles. The molecule has 2 aromatic rings. The van der Waals surface area contributed by atoms with Gasteiger partial charge < -0.3 is 14.5 Å². The third-order valence-corrected chi connectivity index (χ3v) is 6.77. The van der Waals surface area contributed by atoms with Crippen LogP contribution in [0, 0.1) is 5.92 Å². The lowest BCUT2D eigenvalue weighted by molar-refractivity contribution is -0.137. The molecule has 1 aliphatic carbocycles. The van der Waals surface area contributed by atoms with Crippen LogP contribution in [0.3, 0.4) is 0 Å². The molecule has 2 aliphatic rings. The predicted molar refractivity (Wildman–Crippen MR) is 132 cm³/mol. The molecule has 2 aromatic carbocycles. The first kappa shape index (κ1) is 26.0. The fourth-order valence-electron chi connectivity index (χ4n) is 4.58. The van der Waals surface area contributed by atoms with E-state index in [1.165, 1.54) is 12.1 Å². The monoisotopic (exact) mass is 502 g/mol. The Bertz CT molecular complexity index is 1050. The van der Waals surface area contributed by atoms with Gasteiger partial charge in [0.2, 0.25) is 5.91 Å². The summed E-state index contributed by atoms with van der Waals surface area (Å²) < 4.78 is 44.6. The largest absolute Gasteiger partial charge is 0.484 e. The molecule has 0 N–H and O–H groups in total. The van der Waals surface area contributed by atoms with E-state index in [1.807, 2.05) is 29.2 Å². The molecule has 1 saturated carbocycles. The zero-order valence-corrected chi connectivity index (χ0v) is 20.4. The van der Waals surface area contributed by atoms with Crippen molar-refractivity contribution in [1.82, 2.24) is 4.90 Å². The molecule has 5 nitrogen and oxygen atoms in total. The second-order valence-corrected chi connectivity index (χ2v) is 9.64. The van der Waals surface area contributed by atoms with Crippen LogP contribution in [0.15, 0.2) is 48.5 Å². The van der Waals surface area contributed by atoms with Crippen LogP contribution in [-0.4, -0.2) is 36.4 Å². The molecule has 0 radical (unpaired) electrons. The number of benzene rings is 2. The summed E-state index contributed by atoms with van der Waals surface area (Å²) in [5.74, 6) is -0.0433. The number of carbonyl (C=O) groups is 2. The lowest BCUT2D eigenvalue weighted by Crippen LogP contribution is -2.37. The predicted octanol–water partition coefficient (Wildman–Crippen LogP) is 6.21. The number of halogens is 3. The fraction of sp³-hybridized carbons (Fsp3) is 0.500. The summed E-state index contributed by atoms with van der Waals surface area (Å²) >= 11 is 0. The number of para-hydroxylation sites is 1. The Labute approximate surface area is 210 Å². The third kappa shape index (κ3) is 7.02. The summed E-state index contributed by atoms with van der Waals surface area (Å²) in [4.78, 5) is 29.9. The number of nitrogens with zero attached hydrogens (tertiary/aromatic N) is 2.